The van der Waals surface area contributed by atoms with E-state index in [1.54, 1.807) is 19.1 Å². The number of carbonyl (C=O) groups is 1. The van der Waals surface area contributed by atoms with Crippen LogP contribution in [-0.2, 0) is 13.2 Å². The van der Waals surface area contributed by atoms with Gasteiger partial charge in [-0.1, -0.05) is 11.2 Å². The number of nitrogens with zero attached hydrogens (tertiary/aromatic N) is 3. The van der Waals surface area contributed by atoms with Crippen LogP contribution < -0.4 is 10.1 Å². The van der Waals surface area contributed by atoms with Gasteiger partial charge in [-0.05, 0) is 39.8 Å². The minimum atomic E-state index is -0.394. The molecule has 0 radical (unpaired) electrons. The SMILES string of the molecule is CCn1cc(C(C)NC(=O)c2noc(C)c2COc2cccc(F)c2)c(C)n1. The van der Waals surface area contributed by atoms with Crippen LogP contribution in [-0.4, -0.2) is 20.8 Å². The molecular weight excluding hydrogens is 363 g/mol. The van der Waals surface area contributed by atoms with Gasteiger partial charge in [0.1, 0.15) is 23.9 Å². The molecule has 0 bridgehead atoms. The number of aromatic nitrogens is 3. The van der Waals surface area contributed by atoms with Gasteiger partial charge in [-0.25, -0.2) is 4.39 Å². The molecule has 1 atom stereocenters. The van der Waals surface area contributed by atoms with Crippen molar-refractivity contribution in [1.82, 2.24) is 20.3 Å². The summed E-state index contributed by atoms with van der Waals surface area (Å²) in [5, 5.41) is 11.2. The van der Waals surface area contributed by atoms with Crippen LogP contribution >= 0.6 is 0 Å². The van der Waals surface area contributed by atoms with E-state index < -0.39 is 5.82 Å². The van der Waals surface area contributed by atoms with E-state index in [1.807, 2.05) is 31.6 Å². The van der Waals surface area contributed by atoms with E-state index in [9.17, 15) is 9.18 Å². The van der Waals surface area contributed by atoms with Crippen LogP contribution in [0.25, 0.3) is 0 Å². The van der Waals surface area contributed by atoms with Crippen LogP contribution in [0.5, 0.6) is 5.75 Å². The van der Waals surface area contributed by atoms with Crippen LogP contribution in [0.4, 0.5) is 4.39 Å². The number of amides is 1. The Morgan fingerprint density at radius 1 is 1.39 bits per heavy atom. The lowest BCUT2D eigenvalue weighted by Gasteiger charge is -2.13. The van der Waals surface area contributed by atoms with Crippen molar-refractivity contribution in [3.8, 4) is 5.75 Å². The van der Waals surface area contributed by atoms with Crippen LogP contribution in [0.2, 0.25) is 0 Å². The molecule has 28 heavy (non-hydrogen) atoms. The first-order valence-electron chi connectivity index (χ1n) is 9.07. The number of nitrogens with one attached hydrogen (secondary N) is 1. The number of ether oxygens (including phenoxy) is 1. The Bertz CT molecular complexity index is 980. The first-order valence-corrected chi connectivity index (χ1v) is 9.07. The zero-order chi connectivity index (χ0) is 20.3. The van der Waals surface area contributed by atoms with Crippen molar-refractivity contribution in [2.45, 2.75) is 46.9 Å². The highest BCUT2D eigenvalue weighted by atomic mass is 19.1. The topological polar surface area (TPSA) is 82.2 Å². The van der Waals surface area contributed by atoms with Gasteiger partial charge in [-0.3, -0.25) is 9.48 Å². The molecule has 0 fully saturated rings. The highest BCUT2D eigenvalue weighted by Gasteiger charge is 2.23. The summed E-state index contributed by atoms with van der Waals surface area (Å²) in [7, 11) is 0. The van der Waals surface area contributed by atoms with E-state index in [2.05, 4.69) is 15.6 Å². The molecule has 3 aromatic rings. The largest absolute Gasteiger partial charge is 0.489 e. The second-order valence-electron chi connectivity index (χ2n) is 6.53. The maximum absolute atomic E-state index is 13.3. The number of hydrogen-bond donors (Lipinski definition) is 1. The highest BCUT2D eigenvalue weighted by Crippen LogP contribution is 2.21. The normalized spacial score (nSPS) is 12.0. The minimum Gasteiger partial charge on any atom is -0.489 e. The van der Waals surface area contributed by atoms with Crippen LogP contribution in [0.3, 0.4) is 0 Å². The summed E-state index contributed by atoms with van der Waals surface area (Å²) in [6.07, 6.45) is 1.92. The molecule has 3 rings (SSSR count). The van der Waals surface area contributed by atoms with Gasteiger partial charge >= 0.3 is 0 Å². The standard InChI is InChI=1S/C20H23FN4O3/c1-5-25-10-17(13(3)23-25)12(2)22-20(26)19-18(14(4)28-24-19)11-27-16-8-6-7-15(21)9-16/h6-10,12H,5,11H2,1-4H3,(H,22,26). The zero-order valence-electron chi connectivity index (χ0n) is 16.3. The second-order valence-corrected chi connectivity index (χ2v) is 6.53. The minimum absolute atomic E-state index is 0.0444. The molecule has 1 amide bonds. The molecule has 1 aromatic carbocycles. The lowest BCUT2D eigenvalue weighted by molar-refractivity contribution is 0.0928. The average Bonchev–Trinajstić information content (AvgIpc) is 3.22. The predicted octanol–water partition coefficient (Wildman–Crippen LogP) is 3.72. The maximum Gasteiger partial charge on any atom is 0.274 e. The Morgan fingerprint density at radius 3 is 2.86 bits per heavy atom. The molecule has 0 spiro atoms. The fraction of sp³-hybridized carbons (Fsp3) is 0.350. The lowest BCUT2D eigenvalue weighted by Crippen LogP contribution is -2.28. The third kappa shape index (κ3) is 4.21. The Kier molecular flexibility index (Phi) is 5.77. The van der Waals surface area contributed by atoms with Crippen LogP contribution in [0.1, 0.15) is 53.0 Å². The second kappa shape index (κ2) is 8.24. The predicted molar refractivity (Wildman–Crippen MR) is 100 cm³/mol. The van der Waals surface area contributed by atoms with E-state index in [0.717, 1.165) is 17.8 Å². The number of aryl methyl sites for hydroxylation is 3. The van der Waals surface area contributed by atoms with Gasteiger partial charge in [-0.2, -0.15) is 5.10 Å². The summed E-state index contributed by atoms with van der Waals surface area (Å²) in [4.78, 5) is 12.7. The highest BCUT2D eigenvalue weighted by molar-refractivity contribution is 5.94. The fourth-order valence-electron chi connectivity index (χ4n) is 2.91. The molecule has 0 saturated carbocycles. The number of carbonyl (C=O) groups excluding carboxylic acids is 1. The van der Waals surface area contributed by atoms with Crippen molar-refractivity contribution >= 4 is 5.91 Å². The van der Waals surface area contributed by atoms with Gasteiger partial charge in [-0.15, -0.1) is 0 Å². The van der Waals surface area contributed by atoms with Gasteiger partial charge in [0.25, 0.3) is 5.91 Å². The summed E-state index contributed by atoms with van der Waals surface area (Å²) < 4.78 is 25.9. The number of benzene rings is 1. The Morgan fingerprint density at radius 2 is 2.18 bits per heavy atom. The van der Waals surface area contributed by atoms with E-state index in [-0.39, 0.29) is 24.2 Å². The molecule has 1 unspecified atom stereocenters. The molecule has 0 aliphatic carbocycles. The molecule has 2 heterocycles. The van der Waals surface area contributed by atoms with Gasteiger partial charge in [0.15, 0.2) is 5.69 Å². The van der Waals surface area contributed by atoms with E-state index in [4.69, 9.17) is 9.26 Å². The summed E-state index contributed by atoms with van der Waals surface area (Å²) in [6.45, 7) is 8.30. The summed E-state index contributed by atoms with van der Waals surface area (Å²) in [6, 6.07) is 5.56. The molecule has 7 nitrogen and oxygen atoms in total. The van der Waals surface area contributed by atoms with Gasteiger partial charge in [0.05, 0.1) is 17.3 Å². The summed E-state index contributed by atoms with van der Waals surface area (Å²) in [5.41, 5.74) is 2.48. The lowest BCUT2D eigenvalue weighted by atomic mass is 10.1. The third-order valence-electron chi connectivity index (χ3n) is 4.50. The smallest absolute Gasteiger partial charge is 0.274 e. The Balaban J connectivity index is 1.72. The van der Waals surface area contributed by atoms with Crippen molar-refractivity contribution in [2.24, 2.45) is 0 Å². The zero-order valence-corrected chi connectivity index (χ0v) is 16.3. The number of halogens is 1. The summed E-state index contributed by atoms with van der Waals surface area (Å²) >= 11 is 0. The Labute approximate surface area is 162 Å². The van der Waals surface area contributed by atoms with E-state index >= 15 is 0 Å². The molecule has 0 aliphatic heterocycles. The third-order valence-corrected chi connectivity index (χ3v) is 4.50. The van der Waals surface area contributed by atoms with Gasteiger partial charge in [0.2, 0.25) is 0 Å². The van der Waals surface area contributed by atoms with Crippen LogP contribution in [0, 0.1) is 19.7 Å². The molecule has 148 valence electrons. The molecule has 1 N–H and O–H groups in total. The molecule has 0 aliphatic rings. The maximum atomic E-state index is 13.3. The van der Waals surface area contributed by atoms with Crippen LogP contribution in [0.15, 0.2) is 35.0 Å². The van der Waals surface area contributed by atoms with Crippen molar-refractivity contribution in [1.29, 1.82) is 0 Å². The number of rotatable bonds is 7. The quantitative estimate of drug-likeness (QED) is 0.669. The molecular formula is C20H23FN4O3. The van der Waals surface area contributed by atoms with Gasteiger partial charge in [0, 0.05) is 24.4 Å². The average molecular weight is 386 g/mol. The first kappa shape index (κ1) is 19.6. The number of hydrogen-bond acceptors (Lipinski definition) is 5. The Hall–Kier alpha value is -3.16. The van der Waals surface area contributed by atoms with Crippen molar-refractivity contribution in [3.63, 3.8) is 0 Å². The van der Waals surface area contributed by atoms with E-state index in [1.165, 1.54) is 12.1 Å². The monoisotopic (exact) mass is 386 g/mol. The molecule has 0 saturated heterocycles. The van der Waals surface area contributed by atoms with Gasteiger partial charge < -0.3 is 14.6 Å². The van der Waals surface area contributed by atoms with Crippen molar-refractivity contribution in [3.05, 3.63) is 64.6 Å². The fourth-order valence-corrected chi connectivity index (χ4v) is 2.91. The first-order chi connectivity index (χ1) is 13.4. The van der Waals surface area contributed by atoms with Crippen molar-refractivity contribution in [2.75, 3.05) is 0 Å². The van der Waals surface area contributed by atoms with E-state index in [0.29, 0.717) is 17.1 Å². The van der Waals surface area contributed by atoms with Crippen molar-refractivity contribution < 1.29 is 18.4 Å². The summed E-state index contributed by atoms with van der Waals surface area (Å²) in [5.74, 6) is 0.0762. The molecule has 2 aromatic heterocycles. The molecule has 8 heteroatoms.